The Morgan fingerprint density at radius 1 is 1.09 bits per heavy atom. The third-order valence-corrected chi connectivity index (χ3v) is 4.71. The standard InChI is InChI=1S/C19H23NO2/c1-13(19(22)20-17-8-10-18(21)11-9-17)15-7-6-14-4-2-3-5-16(14)12-15/h2-7,12-13,17-18,21H,8-11H2,1H3,(H,20,22). The van der Waals surface area contributed by atoms with Crippen LogP contribution >= 0.6 is 0 Å². The highest BCUT2D eigenvalue weighted by molar-refractivity contribution is 5.87. The van der Waals surface area contributed by atoms with Crippen molar-refractivity contribution in [3.8, 4) is 0 Å². The van der Waals surface area contributed by atoms with Gasteiger partial charge in [-0.05, 0) is 48.9 Å². The quantitative estimate of drug-likeness (QED) is 0.912. The monoisotopic (exact) mass is 297 g/mol. The normalized spacial score (nSPS) is 23.2. The van der Waals surface area contributed by atoms with E-state index in [0.717, 1.165) is 31.2 Å². The van der Waals surface area contributed by atoms with Gasteiger partial charge in [-0.3, -0.25) is 4.79 Å². The van der Waals surface area contributed by atoms with E-state index < -0.39 is 0 Å². The number of carbonyl (C=O) groups is 1. The Hall–Kier alpha value is -1.87. The van der Waals surface area contributed by atoms with Gasteiger partial charge in [0.05, 0.1) is 12.0 Å². The summed E-state index contributed by atoms with van der Waals surface area (Å²) in [5.74, 6) is -0.0758. The van der Waals surface area contributed by atoms with E-state index in [0.29, 0.717) is 0 Å². The fraction of sp³-hybridized carbons (Fsp3) is 0.421. The first-order chi connectivity index (χ1) is 10.6. The van der Waals surface area contributed by atoms with Gasteiger partial charge in [0.15, 0.2) is 0 Å². The Labute approximate surface area is 131 Å². The molecule has 3 heteroatoms. The molecule has 3 nitrogen and oxygen atoms in total. The zero-order valence-corrected chi connectivity index (χ0v) is 13.0. The van der Waals surface area contributed by atoms with Gasteiger partial charge in [0.1, 0.15) is 0 Å². The van der Waals surface area contributed by atoms with Crippen LogP contribution in [0.3, 0.4) is 0 Å². The first kappa shape index (κ1) is 15.0. The van der Waals surface area contributed by atoms with Crippen molar-refractivity contribution in [1.29, 1.82) is 0 Å². The number of benzene rings is 2. The summed E-state index contributed by atoms with van der Waals surface area (Å²) in [6, 6.07) is 14.6. The van der Waals surface area contributed by atoms with E-state index in [2.05, 4.69) is 29.6 Å². The number of amides is 1. The predicted octanol–water partition coefficient (Wildman–Crippen LogP) is 3.36. The molecule has 1 saturated carbocycles. The van der Waals surface area contributed by atoms with Crippen molar-refractivity contribution in [2.45, 2.75) is 50.7 Å². The molecule has 116 valence electrons. The molecule has 1 amide bonds. The lowest BCUT2D eigenvalue weighted by atomic mass is 9.92. The molecule has 0 heterocycles. The SMILES string of the molecule is CC(C(=O)NC1CCC(O)CC1)c1ccc2ccccc2c1. The largest absolute Gasteiger partial charge is 0.393 e. The van der Waals surface area contributed by atoms with E-state index in [9.17, 15) is 9.90 Å². The van der Waals surface area contributed by atoms with Crippen LogP contribution in [-0.2, 0) is 4.79 Å². The number of hydrogen-bond acceptors (Lipinski definition) is 2. The highest BCUT2D eigenvalue weighted by Crippen LogP contribution is 2.23. The van der Waals surface area contributed by atoms with Crippen molar-refractivity contribution in [3.05, 3.63) is 48.0 Å². The lowest BCUT2D eigenvalue weighted by Crippen LogP contribution is -2.40. The summed E-state index contributed by atoms with van der Waals surface area (Å²) in [6.45, 7) is 1.96. The number of hydrogen-bond donors (Lipinski definition) is 2. The van der Waals surface area contributed by atoms with E-state index in [4.69, 9.17) is 0 Å². The minimum absolute atomic E-state index is 0.0803. The third-order valence-electron chi connectivity index (χ3n) is 4.71. The molecule has 1 aliphatic rings. The van der Waals surface area contributed by atoms with Gasteiger partial charge < -0.3 is 10.4 Å². The van der Waals surface area contributed by atoms with Crippen LogP contribution in [0.5, 0.6) is 0 Å². The van der Waals surface area contributed by atoms with Crippen molar-refractivity contribution in [1.82, 2.24) is 5.32 Å². The molecule has 0 radical (unpaired) electrons. The van der Waals surface area contributed by atoms with Crippen LogP contribution in [0, 0.1) is 0 Å². The summed E-state index contributed by atoms with van der Waals surface area (Å²) >= 11 is 0. The number of nitrogens with one attached hydrogen (secondary N) is 1. The minimum Gasteiger partial charge on any atom is -0.393 e. The third kappa shape index (κ3) is 3.30. The predicted molar refractivity (Wildman–Crippen MR) is 88.8 cm³/mol. The van der Waals surface area contributed by atoms with Crippen molar-refractivity contribution in [2.75, 3.05) is 0 Å². The number of rotatable bonds is 3. The van der Waals surface area contributed by atoms with Gasteiger partial charge in [-0.2, -0.15) is 0 Å². The smallest absolute Gasteiger partial charge is 0.227 e. The van der Waals surface area contributed by atoms with E-state index >= 15 is 0 Å². The summed E-state index contributed by atoms with van der Waals surface area (Å²) in [6.07, 6.45) is 3.13. The second-order valence-electron chi connectivity index (χ2n) is 6.34. The Balaban J connectivity index is 1.68. The molecule has 2 N–H and O–H groups in total. The maximum absolute atomic E-state index is 12.5. The van der Waals surface area contributed by atoms with Crippen molar-refractivity contribution in [3.63, 3.8) is 0 Å². The topological polar surface area (TPSA) is 49.3 Å². The molecule has 1 aliphatic carbocycles. The van der Waals surface area contributed by atoms with Crippen molar-refractivity contribution >= 4 is 16.7 Å². The molecule has 0 aliphatic heterocycles. The molecule has 1 unspecified atom stereocenters. The summed E-state index contributed by atoms with van der Waals surface area (Å²) in [5, 5.41) is 15.0. The van der Waals surface area contributed by atoms with Crippen LogP contribution in [0.1, 0.15) is 44.1 Å². The molecular formula is C19H23NO2. The zero-order chi connectivity index (χ0) is 15.5. The van der Waals surface area contributed by atoms with Crippen molar-refractivity contribution < 1.29 is 9.90 Å². The Morgan fingerprint density at radius 3 is 2.50 bits per heavy atom. The van der Waals surface area contributed by atoms with Crippen LogP contribution in [0.4, 0.5) is 0 Å². The van der Waals surface area contributed by atoms with E-state index in [1.54, 1.807) is 0 Å². The van der Waals surface area contributed by atoms with Crippen LogP contribution in [-0.4, -0.2) is 23.2 Å². The fourth-order valence-corrected chi connectivity index (χ4v) is 3.17. The lowest BCUT2D eigenvalue weighted by molar-refractivity contribution is -0.123. The fourth-order valence-electron chi connectivity index (χ4n) is 3.17. The molecule has 2 aromatic carbocycles. The number of aliphatic hydroxyl groups is 1. The van der Waals surface area contributed by atoms with Crippen LogP contribution < -0.4 is 5.32 Å². The number of carbonyl (C=O) groups excluding carboxylic acids is 1. The molecule has 0 aromatic heterocycles. The van der Waals surface area contributed by atoms with Gasteiger partial charge in [0, 0.05) is 6.04 Å². The summed E-state index contributed by atoms with van der Waals surface area (Å²) in [5.41, 5.74) is 1.05. The Kier molecular flexibility index (Phi) is 4.44. The molecule has 0 spiro atoms. The summed E-state index contributed by atoms with van der Waals surface area (Å²) in [4.78, 5) is 12.5. The molecule has 0 bridgehead atoms. The van der Waals surface area contributed by atoms with Crippen LogP contribution in [0.25, 0.3) is 10.8 Å². The second kappa shape index (κ2) is 6.49. The van der Waals surface area contributed by atoms with Crippen LogP contribution in [0.2, 0.25) is 0 Å². The van der Waals surface area contributed by atoms with Gasteiger partial charge >= 0.3 is 0 Å². The molecule has 3 rings (SSSR count). The van der Waals surface area contributed by atoms with Crippen LogP contribution in [0.15, 0.2) is 42.5 Å². The van der Waals surface area contributed by atoms with Gasteiger partial charge in [0.25, 0.3) is 0 Å². The average molecular weight is 297 g/mol. The molecule has 1 atom stereocenters. The van der Waals surface area contributed by atoms with Gasteiger partial charge in [-0.1, -0.05) is 42.5 Å². The average Bonchev–Trinajstić information content (AvgIpc) is 2.55. The second-order valence-corrected chi connectivity index (χ2v) is 6.34. The van der Waals surface area contributed by atoms with E-state index in [1.807, 2.05) is 25.1 Å². The van der Waals surface area contributed by atoms with E-state index in [1.165, 1.54) is 10.8 Å². The molecular weight excluding hydrogens is 274 g/mol. The Morgan fingerprint density at radius 2 is 1.77 bits per heavy atom. The van der Waals surface area contributed by atoms with Gasteiger partial charge in [-0.15, -0.1) is 0 Å². The summed E-state index contributed by atoms with van der Waals surface area (Å²) < 4.78 is 0. The maximum Gasteiger partial charge on any atom is 0.227 e. The lowest BCUT2D eigenvalue weighted by Gasteiger charge is -2.27. The van der Waals surface area contributed by atoms with E-state index in [-0.39, 0.29) is 24.0 Å². The zero-order valence-electron chi connectivity index (χ0n) is 13.0. The summed E-state index contributed by atoms with van der Waals surface area (Å²) in [7, 11) is 0. The first-order valence-electron chi connectivity index (χ1n) is 8.10. The highest BCUT2D eigenvalue weighted by Gasteiger charge is 2.23. The van der Waals surface area contributed by atoms with Crippen molar-refractivity contribution in [2.24, 2.45) is 0 Å². The molecule has 0 saturated heterocycles. The Bertz CT molecular complexity index is 659. The van der Waals surface area contributed by atoms with Gasteiger partial charge in [0.2, 0.25) is 5.91 Å². The van der Waals surface area contributed by atoms with Gasteiger partial charge in [-0.25, -0.2) is 0 Å². The maximum atomic E-state index is 12.5. The number of aliphatic hydroxyl groups excluding tert-OH is 1. The molecule has 2 aromatic rings. The molecule has 22 heavy (non-hydrogen) atoms. The number of fused-ring (bicyclic) bond motifs is 1. The minimum atomic E-state index is -0.189. The first-order valence-corrected chi connectivity index (χ1v) is 8.10. The molecule has 1 fully saturated rings. The highest BCUT2D eigenvalue weighted by atomic mass is 16.3.